The fourth-order valence-electron chi connectivity index (χ4n) is 3.21. The summed E-state index contributed by atoms with van der Waals surface area (Å²) in [4.78, 5) is 0. The van der Waals surface area contributed by atoms with E-state index in [0.29, 0.717) is 0 Å². The summed E-state index contributed by atoms with van der Waals surface area (Å²) < 4.78 is 27.9. The summed E-state index contributed by atoms with van der Waals surface area (Å²) in [6, 6.07) is 7.97. The lowest BCUT2D eigenvalue weighted by Crippen LogP contribution is -2.29. The topological polar surface area (TPSA) is 43.4 Å². The first-order chi connectivity index (χ1) is 9.42. The van der Waals surface area contributed by atoms with E-state index >= 15 is 0 Å². The Morgan fingerprint density at radius 1 is 1.14 bits per heavy atom. The number of benzene rings is 1. The highest BCUT2D eigenvalue weighted by Gasteiger charge is 2.32. The van der Waals surface area contributed by atoms with E-state index in [2.05, 4.69) is 19.9 Å². The van der Waals surface area contributed by atoms with Crippen molar-refractivity contribution in [1.82, 2.24) is 0 Å². The maximum absolute atomic E-state index is 11.3. The van der Waals surface area contributed by atoms with Crippen molar-refractivity contribution in [1.29, 1.82) is 0 Å². The van der Waals surface area contributed by atoms with Crippen molar-refractivity contribution in [3.8, 4) is 5.75 Å². The first-order valence-electron chi connectivity index (χ1n) is 6.98. The van der Waals surface area contributed by atoms with Crippen LogP contribution in [0, 0.1) is 10.8 Å². The maximum atomic E-state index is 11.3. The molecule has 0 N–H and O–H groups in total. The lowest BCUT2D eigenvalue weighted by molar-refractivity contribution is 0.214. The molecule has 0 aliphatic carbocycles. The molecule has 1 aromatic rings. The summed E-state index contributed by atoms with van der Waals surface area (Å²) in [6.07, 6.45) is 1.62. The molecule has 0 heterocycles. The van der Waals surface area contributed by atoms with Crippen molar-refractivity contribution in [3.05, 3.63) is 29.8 Å². The van der Waals surface area contributed by atoms with Crippen molar-refractivity contribution >= 4 is 19.7 Å². The minimum atomic E-state index is -3.49. The predicted octanol–water partition coefficient (Wildman–Crippen LogP) is 4.88. The lowest BCUT2D eigenvalue weighted by atomic mass is 9.73. The van der Waals surface area contributed by atoms with Gasteiger partial charge in [-0.2, -0.15) is 0 Å². The Morgan fingerprint density at radius 2 is 1.73 bits per heavy atom. The Kier molecular flexibility index (Phi) is 7.43. The molecule has 0 radical (unpaired) electrons. The Labute approximate surface area is 140 Å². The Balaban J connectivity index is 0.00000441. The average molecular weight is 349 g/mol. The van der Waals surface area contributed by atoms with Crippen molar-refractivity contribution in [2.75, 3.05) is 12.9 Å². The molecular formula is C17H29ClO3S. The van der Waals surface area contributed by atoms with Crippen molar-refractivity contribution in [2.24, 2.45) is 10.8 Å². The number of hydrogen-bond donors (Lipinski definition) is 0. The molecule has 0 aliphatic rings. The van der Waals surface area contributed by atoms with Crippen LogP contribution in [-0.4, -0.2) is 21.3 Å². The quantitative estimate of drug-likeness (QED) is 0.659. The van der Waals surface area contributed by atoms with Crippen LogP contribution < -0.4 is 4.74 Å². The minimum Gasteiger partial charge on any atom is -0.497 e. The molecule has 0 saturated carbocycles. The van der Waals surface area contributed by atoms with E-state index in [1.807, 2.05) is 32.0 Å². The highest BCUT2D eigenvalue weighted by atomic mass is 35.7. The molecular weight excluding hydrogens is 320 g/mol. The van der Waals surface area contributed by atoms with Crippen LogP contribution >= 0.6 is 10.7 Å². The highest BCUT2D eigenvalue weighted by molar-refractivity contribution is 8.13. The van der Waals surface area contributed by atoms with Gasteiger partial charge in [0.05, 0.1) is 12.9 Å². The number of ether oxygens (including phenoxy) is 1. The van der Waals surface area contributed by atoms with E-state index < -0.39 is 9.05 Å². The summed E-state index contributed by atoms with van der Waals surface area (Å²) in [7, 11) is 3.57. The van der Waals surface area contributed by atoms with Gasteiger partial charge in [-0.15, -0.1) is 0 Å². The molecule has 128 valence electrons. The van der Waals surface area contributed by atoms with Gasteiger partial charge in [0.1, 0.15) is 5.75 Å². The maximum Gasteiger partial charge on any atom is 0.233 e. The van der Waals surface area contributed by atoms with Crippen molar-refractivity contribution in [2.45, 2.75) is 48.0 Å². The molecule has 0 aliphatic heterocycles. The Bertz CT molecular complexity index is 577. The van der Waals surface area contributed by atoms with E-state index in [1.165, 1.54) is 5.56 Å². The number of rotatable bonds is 7. The smallest absolute Gasteiger partial charge is 0.233 e. The van der Waals surface area contributed by atoms with E-state index in [1.54, 1.807) is 7.11 Å². The molecule has 1 aromatic carbocycles. The Morgan fingerprint density at radius 3 is 2.23 bits per heavy atom. The normalized spacial score (nSPS) is 12.6. The highest BCUT2D eigenvalue weighted by Crippen LogP contribution is 2.38. The zero-order valence-corrected chi connectivity index (χ0v) is 15.0. The summed E-state index contributed by atoms with van der Waals surface area (Å²) in [5, 5.41) is 0. The third-order valence-electron chi connectivity index (χ3n) is 3.34. The van der Waals surface area contributed by atoms with Gasteiger partial charge in [0.2, 0.25) is 9.05 Å². The van der Waals surface area contributed by atoms with Crippen molar-refractivity contribution < 1.29 is 13.2 Å². The van der Waals surface area contributed by atoms with Crippen LogP contribution in [0.1, 0.15) is 47.1 Å². The molecule has 0 fully saturated rings. The van der Waals surface area contributed by atoms with Crippen LogP contribution in [0.5, 0.6) is 5.75 Å². The van der Waals surface area contributed by atoms with Gasteiger partial charge >= 0.3 is 0 Å². The van der Waals surface area contributed by atoms with Gasteiger partial charge in [-0.25, -0.2) is 8.42 Å². The van der Waals surface area contributed by atoms with E-state index in [9.17, 15) is 8.42 Å². The zero-order valence-electron chi connectivity index (χ0n) is 13.4. The van der Waals surface area contributed by atoms with Gasteiger partial charge in [0, 0.05) is 10.7 Å². The Hall–Kier alpha value is -0.740. The van der Waals surface area contributed by atoms with Gasteiger partial charge < -0.3 is 4.74 Å². The summed E-state index contributed by atoms with van der Waals surface area (Å²) in [5.74, 6) is 0.828. The minimum absolute atomic E-state index is 0. The van der Waals surface area contributed by atoms with Crippen LogP contribution in [0.15, 0.2) is 24.3 Å². The fourth-order valence-corrected chi connectivity index (χ4v) is 5.13. The molecule has 0 aromatic heterocycles. The molecule has 0 spiro atoms. The van der Waals surface area contributed by atoms with Gasteiger partial charge in [0.25, 0.3) is 0 Å². The first kappa shape index (κ1) is 21.3. The second kappa shape index (κ2) is 7.69. The monoisotopic (exact) mass is 348 g/mol. The summed E-state index contributed by atoms with van der Waals surface area (Å²) in [6.45, 7) is 8.19. The zero-order chi connectivity index (χ0) is 16.3. The van der Waals surface area contributed by atoms with Crippen molar-refractivity contribution in [3.63, 3.8) is 0 Å². The van der Waals surface area contributed by atoms with Crippen LogP contribution in [0.4, 0.5) is 0 Å². The number of methoxy groups -OCH3 is 1. The van der Waals surface area contributed by atoms with Gasteiger partial charge in [0.15, 0.2) is 0 Å². The molecule has 0 amide bonds. The lowest BCUT2D eigenvalue weighted by Gasteiger charge is -2.34. The van der Waals surface area contributed by atoms with Crippen LogP contribution in [0.25, 0.3) is 0 Å². The number of hydrogen-bond acceptors (Lipinski definition) is 3. The predicted molar refractivity (Wildman–Crippen MR) is 95.2 cm³/mol. The molecule has 0 saturated heterocycles. The molecule has 0 atom stereocenters. The molecule has 5 heteroatoms. The van der Waals surface area contributed by atoms with Gasteiger partial charge in [-0.05, 0) is 41.4 Å². The van der Waals surface area contributed by atoms with E-state index in [0.717, 1.165) is 18.6 Å². The number of halogens is 1. The molecule has 0 unspecified atom stereocenters. The molecule has 1 rings (SSSR count). The standard InChI is InChI=1S/C16H25ClO3S.CH4/c1-15(2,11-16(3,4)12-21(17,18)19)10-13-7-6-8-14(9-13)20-5;/h6-9H,10-12H2,1-5H3;1H4. The first-order valence-corrected chi connectivity index (χ1v) is 9.46. The SMILES string of the molecule is C.COc1cccc(CC(C)(C)CC(C)(C)CS(=O)(=O)Cl)c1. The van der Waals surface area contributed by atoms with E-state index in [-0.39, 0.29) is 24.0 Å². The second-order valence-electron chi connectivity index (χ2n) is 7.22. The fraction of sp³-hybridized carbons (Fsp3) is 0.647. The second-order valence-corrected chi connectivity index (χ2v) is 9.99. The summed E-state index contributed by atoms with van der Waals surface area (Å²) >= 11 is 0. The van der Waals surface area contributed by atoms with E-state index in [4.69, 9.17) is 15.4 Å². The van der Waals surface area contributed by atoms with Crippen LogP contribution in [0.2, 0.25) is 0 Å². The van der Waals surface area contributed by atoms with Crippen LogP contribution in [0.3, 0.4) is 0 Å². The summed E-state index contributed by atoms with van der Waals surface area (Å²) in [5.41, 5.74) is 0.796. The third kappa shape index (κ3) is 8.04. The van der Waals surface area contributed by atoms with Gasteiger partial charge in [-0.1, -0.05) is 47.3 Å². The third-order valence-corrected chi connectivity index (χ3v) is 4.79. The largest absolute Gasteiger partial charge is 0.497 e. The molecule has 3 nitrogen and oxygen atoms in total. The molecule has 22 heavy (non-hydrogen) atoms. The average Bonchev–Trinajstić information content (AvgIpc) is 2.23. The van der Waals surface area contributed by atoms with Gasteiger partial charge in [-0.3, -0.25) is 0 Å². The molecule has 0 bridgehead atoms. The van der Waals surface area contributed by atoms with Crippen LogP contribution in [-0.2, 0) is 15.5 Å².